The molecule has 1 saturated heterocycles. The zero-order chi connectivity index (χ0) is 19.3. The van der Waals surface area contributed by atoms with Gasteiger partial charge < -0.3 is 14.3 Å². The van der Waals surface area contributed by atoms with E-state index in [2.05, 4.69) is 9.97 Å². The van der Waals surface area contributed by atoms with E-state index in [0.717, 1.165) is 48.3 Å². The average molecular weight is 377 g/mol. The molecule has 2 aromatic heterocycles. The molecule has 144 valence electrons. The Morgan fingerprint density at radius 1 is 1.21 bits per heavy atom. The quantitative estimate of drug-likeness (QED) is 0.746. The van der Waals surface area contributed by atoms with E-state index in [1.54, 1.807) is 4.90 Å². The number of rotatable bonds is 3. The lowest BCUT2D eigenvalue weighted by molar-refractivity contribution is 0.0724. The average Bonchev–Trinajstić information content (AvgIpc) is 3.26. The maximum atomic E-state index is 13.3. The number of hydrogen-bond donors (Lipinski definition) is 1. The molecule has 3 aromatic rings. The number of para-hydroxylation sites is 2. The second-order valence-corrected chi connectivity index (χ2v) is 7.92. The highest BCUT2D eigenvalue weighted by molar-refractivity contribution is 5.95. The van der Waals surface area contributed by atoms with Crippen molar-refractivity contribution in [2.24, 2.45) is 0 Å². The summed E-state index contributed by atoms with van der Waals surface area (Å²) in [5.74, 6) is 1.57. The SMILES string of the molecule is Cc1cc(C2CCC2)oc(=O)c1C(=O)N1CCCC1c1nc2ccccc2[nH]1. The van der Waals surface area contributed by atoms with Gasteiger partial charge in [-0.2, -0.15) is 0 Å². The first-order chi connectivity index (χ1) is 13.6. The fraction of sp³-hybridized carbons (Fsp3) is 0.409. The van der Waals surface area contributed by atoms with E-state index in [4.69, 9.17) is 4.42 Å². The van der Waals surface area contributed by atoms with Gasteiger partial charge in [-0.25, -0.2) is 9.78 Å². The van der Waals surface area contributed by atoms with Gasteiger partial charge in [0.2, 0.25) is 0 Å². The van der Waals surface area contributed by atoms with Crippen LogP contribution in [0.25, 0.3) is 11.0 Å². The van der Waals surface area contributed by atoms with Crippen LogP contribution in [0.2, 0.25) is 0 Å². The van der Waals surface area contributed by atoms with Gasteiger partial charge in [-0.15, -0.1) is 0 Å². The number of amides is 1. The lowest BCUT2D eigenvalue weighted by atomic mass is 9.83. The molecule has 1 aromatic carbocycles. The highest BCUT2D eigenvalue weighted by atomic mass is 16.4. The van der Waals surface area contributed by atoms with Gasteiger partial charge in [0.15, 0.2) is 0 Å². The first-order valence-corrected chi connectivity index (χ1v) is 10.0. The van der Waals surface area contributed by atoms with Crippen LogP contribution in [0.15, 0.2) is 39.5 Å². The summed E-state index contributed by atoms with van der Waals surface area (Å²) >= 11 is 0. The normalized spacial score (nSPS) is 19.9. The lowest BCUT2D eigenvalue weighted by Crippen LogP contribution is -2.35. The van der Waals surface area contributed by atoms with Crippen LogP contribution in [-0.4, -0.2) is 27.3 Å². The van der Waals surface area contributed by atoms with E-state index in [1.165, 1.54) is 6.42 Å². The van der Waals surface area contributed by atoms with Crippen molar-refractivity contribution >= 4 is 16.9 Å². The van der Waals surface area contributed by atoms with Crippen molar-refractivity contribution in [1.82, 2.24) is 14.9 Å². The van der Waals surface area contributed by atoms with E-state index in [0.29, 0.717) is 18.0 Å². The molecule has 0 spiro atoms. The van der Waals surface area contributed by atoms with Crippen LogP contribution in [0.4, 0.5) is 0 Å². The van der Waals surface area contributed by atoms with Gasteiger partial charge in [-0.3, -0.25) is 4.79 Å². The number of nitrogens with one attached hydrogen (secondary N) is 1. The molecule has 1 aliphatic carbocycles. The number of fused-ring (bicyclic) bond motifs is 1. The van der Waals surface area contributed by atoms with Crippen molar-refractivity contribution in [3.63, 3.8) is 0 Å². The van der Waals surface area contributed by atoms with Crippen LogP contribution in [-0.2, 0) is 0 Å². The molecule has 1 saturated carbocycles. The highest BCUT2D eigenvalue weighted by Crippen LogP contribution is 2.37. The molecule has 0 radical (unpaired) electrons. The Hall–Kier alpha value is -2.89. The van der Waals surface area contributed by atoms with Crippen molar-refractivity contribution in [3.05, 3.63) is 63.5 Å². The number of nitrogens with zero attached hydrogens (tertiary/aromatic N) is 2. The minimum absolute atomic E-state index is 0.148. The molecule has 2 fully saturated rings. The second kappa shape index (κ2) is 6.62. The number of aromatic amines is 1. The van der Waals surface area contributed by atoms with Crippen LogP contribution >= 0.6 is 0 Å². The number of imidazole rings is 1. The van der Waals surface area contributed by atoms with Crippen LogP contribution in [0.1, 0.15) is 71.6 Å². The zero-order valence-corrected chi connectivity index (χ0v) is 15.9. The Kier molecular flexibility index (Phi) is 4.07. The fourth-order valence-corrected chi connectivity index (χ4v) is 4.35. The molecule has 6 nitrogen and oxygen atoms in total. The van der Waals surface area contributed by atoms with Crippen molar-refractivity contribution in [3.8, 4) is 0 Å². The van der Waals surface area contributed by atoms with Gasteiger partial charge in [0.1, 0.15) is 17.1 Å². The molecule has 1 unspecified atom stereocenters. The molecule has 1 N–H and O–H groups in total. The molecule has 1 aliphatic heterocycles. The van der Waals surface area contributed by atoms with Gasteiger partial charge in [0, 0.05) is 12.5 Å². The number of likely N-dealkylation sites (tertiary alicyclic amines) is 1. The predicted molar refractivity (Wildman–Crippen MR) is 105 cm³/mol. The first kappa shape index (κ1) is 17.2. The maximum Gasteiger partial charge on any atom is 0.349 e. The van der Waals surface area contributed by atoms with Gasteiger partial charge in [0.25, 0.3) is 5.91 Å². The molecule has 5 rings (SSSR count). The summed E-state index contributed by atoms with van der Waals surface area (Å²) in [7, 11) is 0. The monoisotopic (exact) mass is 377 g/mol. The molecule has 3 heterocycles. The Morgan fingerprint density at radius 2 is 2.04 bits per heavy atom. The summed E-state index contributed by atoms with van der Waals surface area (Å²) in [6.07, 6.45) is 4.99. The number of H-pyrrole nitrogens is 1. The van der Waals surface area contributed by atoms with Gasteiger partial charge in [-0.05, 0) is 56.4 Å². The van der Waals surface area contributed by atoms with E-state index in [-0.39, 0.29) is 17.5 Å². The van der Waals surface area contributed by atoms with Crippen molar-refractivity contribution in [2.45, 2.75) is 51.0 Å². The van der Waals surface area contributed by atoms with E-state index >= 15 is 0 Å². The van der Waals surface area contributed by atoms with E-state index < -0.39 is 5.63 Å². The summed E-state index contributed by atoms with van der Waals surface area (Å²) in [5.41, 5.74) is 2.20. The van der Waals surface area contributed by atoms with E-state index in [1.807, 2.05) is 37.3 Å². The number of carbonyl (C=O) groups excluding carboxylic acids is 1. The molecule has 2 aliphatic rings. The third-order valence-electron chi connectivity index (χ3n) is 6.13. The summed E-state index contributed by atoms with van der Waals surface area (Å²) < 4.78 is 5.54. The largest absolute Gasteiger partial charge is 0.427 e. The molecule has 1 amide bonds. The van der Waals surface area contributed by atoms with Crippen LogP contribution in [0.3, 0.4) is 0 Å². The molecule has 1 atom stereocenters. The Bertz CT molecular complexity index is 1080. The fourth-order valence-electron chi connectivity index (χ4n) is 4.35. The van der Waals surface area contributed by atoms with Crippen LogP contribution in [0, 0.1) is 6.92 Å². The third-order valence-corrected chi connectivity index (χ3v) is 6.13. The topological polar surface area (TPSA) is 79.2 Å². The molecule has 6 heteroatoms. The third kappa shape index (κ3) is 2.75. The summed E-state index contributed by atoms with van der Waals surface area (Å²) in [6.45, 7) is 2.45. The number of aromatic nitrogens is 2. The lowest BCUT2D eigenvalue weighted by Gasteiger charge is -2.26. The smallest absolute Gasteiger partial charge is 0.349 e. The minimum atomic E-state index is -0.512. The first-order valence-electron chi connectivity index (χ1n) is 10.0. The number of aryl methyl sites for hydroxylation is 1. The zero-order valence-electron chi connectivity index (χ0n) is 15.9. The van der Waals surface area contributed by atoms with Gasteiger partial charge >= 0.3 is 5.63 Å². The Balaban J connectivity index is 1.48. The van der Waals surface area contributed by atoms with Crippen molar-refractivity contribution in [2.75, 3.05) is 6.54 Å². The predicted octanol–water partition coefficient (Wildman–Crippen LogP) is 4.07. The molecular formula is C22H23N3O3. The standard InChI is InChI=1S/C22H23N3O3/c1-13-12-18(14-6-4-7-14)28-22(27)19(13)21(26)25-11-5-10-17(25)20-23-15-8-2-3-9-16(15)24-20/h2-3,8-9,12,14,17H,4-7,10-11H2,1H3,(H,23,24). The molecular weight excluding hydrogens is 354 g/mol. The number of hydrogen-bond acceptors (Lipinski definition) is 4. The second-order valence-electron chi connectivity index (χ2n) is 7.92. The van der Waals surface area contributed by atoms with Crippen molar-refractivity contribution < 1.29 is 9.21 Å². The summed E-state index contributed by atoms with van der Waals surface area (Å²) in [6, 6.07) is 9.57. The van der Waals surface area contributed by atoms with Gasteiger partial charge in [0.05, 0.1) is 17.1 Å². The summed E-state index contributed by atoms with van der Waals surface area (Å²) in [4.78, 5) is 35.7. The van der Waals surface area contributed by atoms with Crippen molar-refractivity contribution in [1.29, 1.82) is 0 Å². The summed E-state index contributed by atoms with van der Waals surface area (Å²) in [5, 5.41) is 0. The Morgan fingerprint density at radius 3 is 2.75 bits per heavy atom. The van der Waals surface area contributed by atoms with Crippen LogP contribution < -0.4 is 5.63 Å². The van der Waals surface area contributed by atoms with Crippen LogP contribution in [0.5, 0.6) is 0 Å². The molecule has 0 bridgehead atoms. The Labute approximate surface area is 162 Å². The van der Waals surface area contributed by atoms with Gasteiger partial charge in [-0.1, -0.05) is 18.6 Å². The highest BCUT2D eigenvalue weighted by Gasteiger charge is 2.35. The number of benzene rings is 1. The minimum Gasteiger partial charge on any atom is -0.427 e. The molecule has 28 heavy (non-hydrogen) atoms. The maximum absolute atomic E-state index is 13.3. The number of carbonyl (C=O) groups is 1. The van der Waals surface area contributed by atoms with E-state index in [9.17, 15) is 9.59 Å².